The number of hydrogen-bond acceptors (Lipinski definition) is 7. The van der Waals surface area contributed by atoms with Crippen LogP contribution in [0, 0.1) is 0 Å². The maximum absolute atomic E-state index is 13.3. The van der Waals surface area contributed by atoms with E-state index in [0.717, 1.165) is 0 Å². The molecular weight excluding hydrogens is 436 g/mol. The number of aliphatic imine (C=N–C) groups is 1. The topological polar surface area (TPSA) is 106 Å². The maximum atomic E-state index is 13.3. The van der Waals surface area contributed by atoms with Crippen LogP contribution in [0.15, 0.2) is 59.6 Å². The van der Waals surface area contributed by atoms with E-state index in [2.05, 4.69) is 10.3 Å². The zero-order chi connectivity index (χ0) is 24.6. The Kier molecular flexibility index (Phi) is 8.28. The molecule has 0 fully saturated rings. The van der Waals surface area contributed by atoms with Crippen molar-refractivity contribution in [2.24, 2.45) is 4.99 Å². The van der Waals surface area contributed by atoms with E-state index in [9.17, 15) is 9.59 Å². The molecule has 1 aliphatic heterocycles. The van der Waals surface area contributed by atoms with Crippen molar-refractivity contribution < 1.29 is 28.9 Å². The van der Waals surface area contributed by atoms with E-state index in [1.54, 1.807) is 57.2 Å². The van der Waals surface area contributed by atoms with Gasteiger partial charge in [-0.15, -0.1) is 0 Å². The SMILES string of the molecule is CC(C)(C)OC(=O)CC[C@]1(C(=O)Nc2ccccc2)COC(c2ccc(OCCCO)cc2)=N1. The van der Waals surface area contributed by atoms with Gasteiger partial charge in [-0.2, -0.15) is 0 Å². The summed E-state index contributed by atoms with van der Waals surface area (Å²) in [6.07, 6.45) is 0.720. The number of rotatable bonds is 10. The molecule has 1 heterocycles. The number of amides is 1. The second kappa shape index (κ2) is 11.2. The summed E-state index contributed by atoms with van der Waals surface area (Å²) >= 11 is 0. The van der Waals surface area contributed by atoms with Gasteiger partial charge >= 0.3 is 5.97 Å². The summed E-state index contributed by atoms with van der Waals surface area (Å²) in [5.74, 6) is 0.247. The van der Waals surface area contributed by atoms with Gasteiger partial charge in [-0.1, -0.05) is 18.2 Å². The molecule has 0 bridgehead atoms. The van der Waals surface area contributed by atoms with E-state index >= 15 is 0 Å². The normalized spacial score (nSPS) is 17.5. The van der Waals surface area contributed by atoms with Crippen molar-refractivity contribution in [3.8, 4) is 5.75 Å². The summed E-state index contributed by atoms with van der Waals surface area (Å²) in [7, 11) is 0. The number of anilines is 1. The second-order valence-electron chi connectivity index (χ2n) is 9.09. The summed E-state index contributed by atoms with van der Waals surface area (Å²) in [5.41, 5.74) is -0.547. The lowest BCUT2D eigenvalue weighted by Gasteiger charge is -2.24. The van der Waals surface area contributed by atoms with Crippen molar-refractivity contribution in [3.63, 3.8) is 0 Å². The average Bonchev–Trinajstić information content (AvgIpc) is 3.24. The van der Waals surface area contributed by atoms with Gasteiger partial charge in [0.25, 0.3) is 5.91 Å². The van der Waals surface area contributed by atoms with E-state index in [0.29, 0.717) is 35.9 Å². The Bertz CT molecular complexity index is 998. The first-order chi connectivity index (χ1) is 16.2. The summed E-state index contributed by atoms with van der Waals surface area (Å²) in [4.78, 5) is 30.3. The minimum Gasteiger partial charge on any atom is -0.494 e. The van der Waals surface area contributed by atoms with E-state index < -0.39 is 17.1 Å². The van der Waals surface area contributed by atoms with E-state index in [4.69, 9.17) is 19.3 Å². The molecule has 0 aliphatic carbocycles. The minimum atomic E-state index is -1.27. The van der Waals surface area contributed by atoms with Crippen LogP contribution in [0.5, 0.6) is 5.75 Å². The number of nitrogens with one attached hydrogen (secondary N) is 1. The monoisotopic (exact) mass is 468 g/mol. The first kappa shape index (κ1) is 25.2. The van der Waals surface area contributed by atoms with Crippen LogP contribution in [0.1, 0.15) is 45.6 Å². The van der Waals surface area contributed by atoms with Crippen molar-refractivity contribution >= 4 is 23.5 Å². The van der Waals surface area contributed by atoms with Crippen molar-refractivity contribution in [2.45, 2.75) is 51.2 Å². The fourth-order valence-corrected chi connectivity index (χ4v) is 3.37. The van der Waals surface area contributed by atoms with Crippen LogP contribution in [0.3, 0.4) is 0 Å². The molecular formula is C26H32N2O6. The molecule has 2 aromatic rings. The van der Waals surface area contributed by atoms with Gasteiger partial charge in [-0.3, -0.25) is 9.59 Å². The summed E-state index contributed by atoms with van der Waals surface area (Å²) in [6.45, 7) is 5.90. The Morgan fingerprint density at radius 3 is 2.47 bits per heavy atom. The molecule has 0 spiro atoms. The molecule has 0 unspecified atom stereocenters. The Labute approximate surface area is 199 Å². The molecule has 1 atom stereocenters. The van der Waals surface area contributed by atoms with Crippen molar-refractivity contribution in [3.05, 3.63) is 60.2 Å². The number of para-hydroxylation sites is 1. The molecule has 1 aliphatic rings. The number of benzene rings is 2. The minimum absolute atomic E-state index is 0.0124. The van der Waals surface area contributed by atoms with Gasteiger partial charge in [0.05, 0.1) is 6.61 Å². The Morgan fingerprint density at radius 1 is 1.12 bits per heavy atom. The average molecular weight is 469 g/mol. The second-order valence-corrected chi connectivity index (χ2v) is 9.09. The van der Waals surface area contributed by atoms with Crippen molar-refractivity contribution in [2.75, 3.05) is 25.1 Å². The predicted molar refractivity (Wildman–Crippen MR) is 129 cm³/mol. The van der Waals surface area contributed by atoms with Gasteiger partial charge in [0, 0.05) is 30.7 Å². The molecule has 2 N–H and O–H groups in total. The summed E-state index contributed by atoms with van der Waals surface area (Å²) in [6, 6.07) is 16.2. The van der Waals surface area contributed by atoms with E-state index in [1.807, 2.05) is 18.2 Å². The summed E-state index contributed by atoms with van der Waals surface area (Å²) in [5, 5.41) is 11.8. The van der Waals surface area contributed by atoms with Gasteiger partial charge in [-0.25, -0.2) is 4.99 Å². The number of carbonyl (C=O) groups is 2. The lowest BCUT2D eigenvalue weighted by molar-refractivity contribution is -0.155. The number of ether oxygens (including phenoxy) is 3. The largest absolute Gasteiger partial charge is 0.494 e. The number of esters is 1. The first-order valence-corrected chi connectivity index (χ1v) is 11.4. The quantitative estimate of drug-likeness (QED) is 0.407. The van der Waals surface area contributed by atoms with E-state index in [-0.39, 0.29) is 32.0 Å². The Hall–Kier alpha value is -3.39. The number of aliphatic hydroxyl groups excluding tert-OH is 1. The van der Waals surface area contributed by atoms with Crippen LogP contribution in [-0.2, 0) is 19.1 Å². The molecule has 0 aromatic heterocycles. The molecule has 0 radical (unpaired) electrons. The van der Waals surface area contributed by atoms with Crippen molar-refractivity contribution in [1.82, 2.24) is 0 Å². The zero-order valence-corrected chi connectivity index (χ0v) is 19.9. The molecule has 182 valence electrons. The van der Waals surface area contributed by atoms with Crippen LogP contribution in [-0.4, -0.2) is 53.8 Å². The third-order valence-corrected chi connectivity index (χ3v) is 5.05. The van der Waals surface area contributed by atoms with Crippen LogP contribution < -0.4 is 10.1 Å². The third-order valence-electron chi connectivity index (χ3n) is 5.05. The number of nitrogens with zero attached hydrogens (tertiary/aromatic N) is 1. The third kappa shape index (κ3) is 7.05. The molecule has 0 saturated carbocycles. The number of hydrogen-bond donors (Lipinski definition) is 2. The highest BCUT2D eigenvalue weighted by Crippen LogP contribution is 2.30. The first-order valence-electron chi connectivity index (χ1n) is 11.4. The molecule has 2 aromatic carbocycles. The standard InChI is InChI=1S/C26H32N2O6/c1-25(2,3)34-22(30)14-15-26(24(31)27-20-8-5-4-6-9-20)18-33-23(28-26)19-10-12-21(13-11-19)32-17-7-16-29/h4-6,8-13,29H,7,14-18H2,1-3H3,(H,27,31)/t26-/m1/s1. The predicted octanol–water partition coefficient (Wildman–Crippen LogP) is 3.72. The molecule has 34 heavy (non-hydrogen) atoms. The van der Waals surface area contributed by atoms with Crippen LogP contribution in [0.2, 0.25) is 0 Å². The van der Waals surface area contributed by atoms with Gasteiger partial charge in [-0.05, 0) is 63.6 Å². The smallest absolute Gasteiger partial charge is 0.306 e. The highest BCUT2D eigenvalue weighted by atomic mass is 16.6. The van der Waals surface area contributed by atoms with Gasteiger partial charge in [0.15, 0.2) is 5.54 Å². The van der Waals surface area contributed by atoms with Gasteiger partial charge in [0.2, 0.25) is 5.90 Å². The Morgan fingerprint density at radius 2 is 1.82 bits per heavy atom. The lowest BCUT2D eigenvalue weighted by atomic mass is 9.94. The van der Waals surface area contributed by atoms with Crippen LogP contribution in [0.25, 0.3) is 0 Å². The van der Waals surface area contributed by atoms with Crippen LogP contribution in [0.4, 0.5) is 5.69 Å². The van der Waals surface area contributed by atoms with E-state index in [1.165, 1.54) is 0 Å². The lowest BCUT2D eigenvalue weighted by Crippen LogP contribution is -2.43. The molecule has 3 rings (SSSR count). The van der Waals surface area contributed by atoms with Crippen LogP contribution >= 0.6 is 0 Å². The summed E-state index contributed by atoms with van der Waals surface area (Å²) < 4.78 is 16.8. The molecule has 0 saturated heterocycles. The van der Waals surface area contributed by atoms with Gasteiger partial charge < -0.3 is 24.6 Å². The number of aliphatic hydroxyl groups is 1. The van der Waals surface area contributed by atoms with Gasteiger partial charge in [0.1, 0.15) is 18.0 Å². The molecule has 8 heteroatoms. The Balaban J connectivity index is 1.79. The fourth-order valence-electron chi connectivity index (χ4n) is 3.37. The molecule has 8 nitrogen and oxygen atoms in total. The zero-order valence-electron chi connectivity index (χ0n) is 19.9. The highest BCUT2D eigenvalue weighted by Gasteiger charge is 2.45. The number of carbonyl (C=O) groups excluding carboxylic acids is 2. The fraction of sp³-hybridized carbons (Fsp3) is 0.423. The van der Waals surface area contributed by atoms with Crippen molar-refractivity contribution in [1.29, 1.82) is 0 Å². The highest BCUT2D eigenvalue weighted by molar-refractivity contribution is 6.04. The maximum Gasteiger partial charge on any atom is 0.306 e. The molecule has 1 amide bonds.